The molecule has 0 radical (unpaired) electrons. The van der Waals surface area contributed by atoms with Gasteiger partial charge in [0.15, 0.2) is 5.78 Å². The Morgan fingerprint density at radius 2 is 2.10 bits per heavy atom. The van der Waals surface area contributed by atoms with Gasteiger partial charge < -0.3 is 9.30 Å². The van der Waals surface area contributed by atoms with Crippen molar-refractivity contribution in [1.29, 1.82) is 0 Å². The summed E-state index contributed by atoms with van der Waals surface area (Å²) in [7, 11) is 1.65. The summed E-state index contributed by atoms with van der Waals surface area (Å²) in [6.07, 6.45) is 1.97. The third-order valence-electron chi connectivity index (χ3n) is 3.94. The van der Waals surface area contributed by atoms with E-state index in [0.717, 1.165) is 28.9 Å². The average molecular weight is 334 g/mol. The van der Waals surface area contributed by atoms with E-state index in [2.05, 4.69) is 15.9 Å². The van der Waals surface area contributed by atoms with Crippen LogP contribution < -0.4 is 4.74 Å². The summed E-state index contributed by atoms with van der Waals surface area (Å²) in [6, 6.07) is 11.6. The maximum atomic E-state index is 12.8. The molecule has 0 bridgehead atoms. The summed E-state index contributed by atoms with van der Waals surface area (Å²) >= 11 is 3.56. The van der Waals surface area contributed by atoms with Crippen molar-refractivity contribution in [3.05, 3.63) is 53.9 Å². The minimum absolute atomic E-state index is 0.145. The summed E-state index contributed by atoms with van der Waals surface area (Å²) in [6.45, 7) is 0.849. The van der Waals surface area contributed by atoms with Crippen LogP contribution in [0.2, 0.25) is 0 Å². The highest BCUT2D eigenvalue weighted by Gasteiger charge is 2.37. The smallest absolute Gasteiger partial charge is 0.187 e. The second kappa shape index (κ2) is 5.44. The van der Waals surface area contributed by atoms with Crippen LogP contribution >= 0.6 is 15.9 Å². The molecule has 0 saturated carbocycles. The molecule has 3 rings (SSSR count). The number of halogens is 1. The van der Waals surface area contributed by atoms with Gasteiger partial charge in [-0.05, 0) is 18.2 Å². The lowest BCUT2D eigenvalue weighted by molar-refractivity contribution is 0.0891. The fourth-order valence-corrected chi connectivity index (χ4v) is 3.56. The predicted octanol–water partition coefficient (Wildman–Crippen LogP) is 3.49. The van der Waals surface area contributed by atoms with Crippen LogP contribution in [-0.2, 0) is 6.54 Å². The number of methoxy groups -OCH3 is 1. The Balaban J connectivity index is 2.09. The van der Waals surface area contributed by atoms with E-state index in [1.165, 1.54) is 0 Å². The van der Waals surface area contributed by atoms with Gasteiger partial charge in [0.1, 0.15) is 5.75 Å². The average Bonchev–Trinajstić information content (AvgIpc) is 2.95. The summed E-state index contributed by atoms with van der Waals surface area (Å²) in [5, 5.41) is 0.791. The van der Waals surface area contributed by atoms with Gasteiger partial charge in [-0.25, -0.2) is 0 Å². The number of carbonyl (C=O) groups is 1. The molecule has 1 aromatic heterocycles. The first-order valence-electron chi connectivity index (χ1n) is 6.64. The first-order valence-corrected chi connectivity index (χ1v) is 7.76. The Morgan fingerprint density at radius 3 is 2.85 bits per heavy atom. The zero-order valence-corrected chi connectivity index (χ0v) is 12.8. The van der Waals surface area contributed by atoms with Crippen LogP contribution in [0.5, 0.6) is 5.75 Å². The second-order valence-corrected chi connectivity index (χ2v) is 5.69. The van der Waals surface area contributed by atoms with Crippen LogP contribution in [0.25, 0.3) is 0 Å². The number of ketones is 1. The number of rotatable bonds is 3. The second-order valence-electron chi connectivity index (χ2n) is 5.04. The summed E-state index contributed by atoms with van der Waals surface area (Å²) in [5.74, 6) is 1.05. The van der Waals surface area contributed by atoms with E-state index in [4.69, 9.17) is 4.74 Å². The van der Waals surface area contributed by atoms with E-state index in [1.807, 2.05) is 47.2 Å². The normalized spacial score (nSPS) is 21.6. The molecule has 1 aromatic carbocycles. The standard InChI is InChI=1S/C16H16BrNO2/c1-20-14-7-3-2-5-12(14)15-11(9-17)10-18-8-4-6-13(18)16(15)19/h2-8,11,15H,9-10H2,1H3/t11-,15-/m0/s1. The molecule has 1 aliphatic heterocycles. The first kappa shape index (κ1) is 13.4. The Hall–Kier alpha value is -1.55. The lowest BCUT2D eigenvalue weighted by Crippen LogP contribution is -2.34. The first-order chi connectivity index (χ1) is 9.76. The third-order valence-corrected chi connectivity index (χ3v) is 4.77. The maximum Gasteiger partial charge on any atom is 0.187 e. The van der Waals surface area contributed by atoms with E-state index in [0.29, 0.717) is 0 Å². The van der Waals surface area contributed by atoms with Crippen LogP contribution in [0.4, 0.5) is 0 Å². The highest BCUT2D eigenvalue weighted by Crippen LogP contribution is 2.39. The van der Waals surface area contributed by atoms with Crippen LogP contribution in [0.1, 0.15) is 22.0 Å². The van der Waals surface area contributed by atoms with E-state index in [-0.39, 0.29) is 17.6 Å². The van der Waals surface area contributed by atoms with Crippen molar-refractivity contribution in [2.45, 2.75) is 12.5 Å². The highest BCUT2D eigenvalue weighted by atomic mass is 79.9. The number of aromatic nitrogens is 1. The monoisotopic (exact) mass is 333 g/mol. The Labute approximate surface area is 126 Å². The zero-order chi connectivity index (χ0) is 14.1. The molecule has 2 heterocycles. The van der Waals surface area contributed by atoms with Gasteiger partial charge in [-0.15, -0.1) is 0 Å². The summed E-state index contributed by atoms with van der Waals surface area (Å²) < 4.78 is 7.48. The predicted molar refractivity (Wildman–Crippen MR) is 81.8 cm³/mol. The van der Waals surface area contributed by atoms with E-state index < -0.39 is 0 Å². The lowest BCUT2D eigenvalue weighted by atomic mass is 9.80. The number of para-hydroxylation sites is 1. The SMILES string of the molecule is COc1ccccc1[C@H]1C(=O)c2cccn2C[C@@H]1CBr. The van der Waals surface area contributed by atoms with Gasteiger partial charge in [0, 0.05) is 29.6 Å². The Bertz CT molecular complexity index is 635. The van der Waals surface area contributed by atoms with E-state index >= 15 is 0 Å². The molecular weight excluding hydrogens is 318 g/mol. The fourth-order valence-electron chi connectivity index (χ4n) is 2.98. The summed E-state index contributed by atoms with van der Waals surface area (Å²) in [4.78, 5) is 12.8. The van der Waals surface area contributed by atoms with Crippen molar-refractivity contribution in [3.63, 3.8) is 0 Å². The Morgan fingerprint density at radius 1 is 1.30 bits per heavy atom. The van der Waals surface area contributed by atoms with E-state index in [1.54, 1.807) is 7.11 Å². The molecule has 0 fully saturated rings. The van der Waals surface area contributed by atoms with Crippen LogP contribution in [0.15, 0.2) is 42.6 Å². The van der Waals surface area contributed by atoms with Crippen molar-refractivity contribution >= 4 is 21.7 Å². The topological polar surface area (TPSA) is 31.2 Å². The molecule has 0 amide bonds. The molecule has 0 spiro atoms. The van der Waals surface area contributed by atoms with Crippen LogP contribution in [0, 0.1) is 5.92 Å². The van der Waals surface area contributed by atoms with Crippen molar-refractivity contribution in [1.82, 2.24) is 4.57 Å². The van der Waals surface area contributed by atoms with Gasteiger partial charge in [-0.3, -0.25) is 4.79 Å². The number of ether oxygens (including phenoxy) is 1. The quantitative estimate of drug-likeness (QED) is 0.805. The molecule has 0 unspecified atom stereocenters. The largest absolute Gasteiger partial charge is 0.496 e. The minimum Gasteiger partial charge on any atom is -0.496 e. The lowest BCUT2D eigenvalue weighted by Gasteiger charge is -2.31. The maximum absolute atomic E-state index is 12.8. The molecule has 4 heteroatoms. The number of hydrogen-bond acceptors (Lipinski definition) is 2. The minimum atomic E-state index is -0.145. The molecule has 0 N–H and O–H groups in total. The molecule has 3 nitrogen and oxygen atoms in total. The van der Waals surface area contributed by atoms with Crippen molar-refractivity contribution < 1.29 is 9.53 Å². The van der Waals surface area contributed by atoms with Gasteiger partial charge in [0.2, 0.25) is 0 Å². The van der Waals surface area contributed by atoms with Crippen molar-refractivity contribution in [2.75, 3.05) is 12.4 Å². The van der Waals surface area contributed by atoms with Gasteiger partial charge in [0.05, 0.1) is 18.7 Å². The van der Waals surface area contributed by atoms with Crippen LogP contribution in [0.3, 0.4) is 0 Å². The van der Waals surface area contributed by atoms with Gasteiger partial charge >= 0.3 is 0 Å². The van der Waals surface area contributed by atoms with Crippen LogP contribution in [-0.4, -0.2) is 22.8 Å². The molecule has 104 valence electrons. The molecule has 20 heavy (non-hydrogen) atoms. The van der Waals surface area contributed by atoms with Crippen molar-refractivity contribution in [2.24, 2.45) is 5.92 Å². The molecule has 0 aliphatic carbocycles. The number of Topliss-reactive ketones (excluding diaryl/α,β-unsaturated/α-hetero) is 1. The molecular formula is C16H16BrNO2. The van der Waals surface area contributed by atoms with Gasteiger partial charge in [-0.1, -0.05) is 34.1 Å². The fraction of sp³-hybridized carbons (Fsp3) is 0.312. The third kappa shape index (κ3) is 2.08. The number of carbonyl (C=O) groups excluding carboxylic acids is 1. The van der Waals surface area contributed by atoms with Gasteiger partial charge in [0.25, 0.3) is 0 Å². The number of benzene rings is 1. The number of alkyl halides is 1. The number of fused-ring (bicyclic) bond motifs is 1. The van der Waals surface area contributed by atoms with Crippen molar-refractivity contribution in [3.8, 4) is 5.75 Å². The Kier molecular flexibility index (Phi) is 3.66. The number of nitrogens with zero attached hydrogens (tertiary/aromatic N) is 1. The van der Waals surface area contributed by atoms with E-state index in [9.17, 15) is 4.79 Å². The molecule has 2 atom stereocenters. The van der Waals surface area contributed by atoms with Gasteiger partial charge in [-0.2, -0.15) is 0 Å². The molecule has 1 aliphatic rings. The molecule has 2 aromatic rings. The number of hydrogen-bond donors (Lipinski definition) is 0. The highest BCUT2D eigenvalue weighted by molar-refractivity contribution is 9.09. The molecule has 0 saturated heterocycles. The summed E-state index contributed by atoms with van der Waals surface area (Å²) in [5.41, 5.74) is 1.77. The zero-order valence-electron chi connectivity index (χ0n) is 11.3.